The van der Waals surface area contributed by atoms with Gasteiger partial charge in [0.1, 0.15) is 0 Å². The molecule has 14 heavy (non-hydrogen) atoms. The lowest BCUT2D eigenvalue weighted by Crippen LogP contribution is -2.18. The van der Waals surface area contributed by atoms with Crippen LogP contribution in [0.5, 0.6) is 0 Å². The van der Waals surface area contributed by atoms with Crippen molar-refractivity contribution < 1.29 is 4.79 Å². The highest BCUT2D eigenvalue weighted by Gasteiger charge is 2.00. The standard InChI is InChI=1S/C10H15N3O/c1-8-3-4-9(7-12-8)13-10(14)5-6-11-2/h3-4,7,11H,5-6H2,1-2H3,(H,13,14). The highest BCUT2D eigenvalue weighted by molar-refractivity contribution is 5.90. The van der Waals surface area contributed by atoms with Gasteiger partial charge in [0.2, 0.25) is 5.91 Å². The van der Waals surface area contributed by atoms with Crippen LogP contribution in [0.3, 0.4) is 0 Å². The van der Waals surface area contributed by atoms with E-state index in [1.165, 1.54) is 0 Å². The number of pyridine rings is 1. The first-order valence-corrected chi connectivity index (χ1v) is 4.59. The fraction of sp³-hybridized carbons (Fsp3) is 0.400. The fourth-order valence-corrected chi connectivity index (χ4v) is 1.00. The van der Waals surface area contributed by atoms with E-state index in [0.29, 0.717) is 13.0 Å². The number of hydrogen-bond donors (Lipinski definition) is 2. The van der Waals surface area contributed by atoms with Gasteiger partial charge in [-0.15, -0.1) is 0 Å². The van der Waals surface area contributed by atoms with Crippen molar-refractivity contribution in [2.24, 2.45) is 0 Å². The highest BCUT2D eigenvalue weighted by atomic mass is 16.1. The molecule has 1 rings (SSSR count). The number of carbonyl (C=O) groups is 1. The number of amides is 1. The van der Waals surface area contributed by atoms with Gasteiger partial charge in [-0.2, -0.15) is 0 Å². The number of rotatable bonds is 4. The van der Waals surface area contributed by atoms with Gasteiger partial charge in [-0.1, -0.05) is 0 Å². The average Bonchev–Trinajstić information content (AvgIpc) is 2.18. The Labute approximate surface area is 83.7 Å². The van der Waals surface area contributed by atoms with Crippen molar-refractivity contribution in [1.82, 2.24) is 10.3 Å². The molecule has 1 heterocycles. The number of aryl methyl sites for hydroxylation is 1. The van der Waals surface area contributed by atoms with Crippen molar-refractivity contribution >= 4 is 11.6 Å². The molecule has 0 spiro atoms. The predicted octanol–water partition coefficient (Wildman–Crippen LogP) is 0.938. The number of nitrogens with one attached hydrogen (secondary N) is 2. The highest BCUT2D eigenvalue weighted by Crippen LogP contribution is 2.05. The number of aromatic nitrogens is 1. The van der Waals surface area contributed by atoms with Gasteiger partial charge in [0.15, 0.2) is 0 Å². The lowest BCUT2D eigenvalue weighted by Gasteiger charge is -2.04. The number of anilines is 1. The van der Waals surface area contributed by atoms with Crippen molar-refractivity contribution in [3.05, 3.63) is 24.0 Å². The summed E-state index contributed by atoms with van der Waals surface area (Å²) in [6.45, 7) is 2.59. The van der Waals surface area contributed by atoms with Gasteiger partial charge in [0.05, 0.1) is 11.9 Å². The van der Waals surface area contributed by atoms with Crippen LogP contribution in [0.1, 0.15) is 12.1 Å². The van der Waals surface area contributed by atoms with Gasteiger partial charge in [-0.3, -0.25) is 9.78 Å². The van der Waals surface area contributed by atoms with Crippen molar-refractivity contribution in [1.29, 1.82) is 0 Å². The summed E-state index contributed by atoms with van der Waals surface area (Å²) >= 11 is 0. The SMILES string of the molecule is CNCCC(=O)Nc1ccc(C)nc1. The van der Waals surface area contributed by atoms with Crippen molar-refractivity contribution in [2.45, 2.75) is 13.3 Å². The van der Waals surface area contributed by atoms with Crippen molar-refractivity contribution in [3.8, 4) is 0 Å². The second kappa shape index (κ2) is 5.34. The Hall–Kier alpha value is -1.42. The molecule has 0 fully saturated rings. The van der Waals surface area contributed by atoms with Crippen LogP contribution in [-0.2, 0) is 4.79 Å². The van der Waals surface area contributed by atoms with Gasteiger partial charge in [-0.05, 0) is 26.1 Å². The normalized spacial score (nSPS) is 9.86. The van der Waals surface area contributed by atoms with Crippen molar-refractivity contribution in [3.63, 3.8) is 0 Å². The van der Waals surface area contributed by atoms with Crippen molar-refractivity contribution in [2.75, 3.05) is 18.9 Å². The van der Waals surface area contributed by atoms with E-state index in [9.17, 15) is 4.79 Å². The second-order valence-corrected chi connectivity index (χ2v) is 3.09. The Morgan fingerprint density at radius 1 is 1.50 bits per heavy atom. The first-order valence-electron chi connectivity index (χ1n) is 4.59. The molecule has 0 aromatic carbocycles. The summed E-state index contributed by atoms with van der Waals surface area (Å²) in [4.78, 5) is 15.4. The number of hydrogen-bond acceptors (Lipinski definition) is 3. The molecule has 0 atom stereocenters. The molecular formula is C10H15N3O. The smallest absolute Gasteiger partial charge is 0.225 e. The Bertz CT molecular complexity index is 295. The molecular weight excluding hydrogens is 178 g/mol. The predicted molar refractivity (Wildman–Crippen MR) is 56.1 cm³/mol. The van der Waals surface area contributed by atoms with E-state index in [2.05, 4.69) is 15.6 Å². The van der Waals surface area contributed by atoms with E-state index >= 15 is 0 Å². The minimum atomic E-state index is 0.00463. The molecule has 0 saturated heterocycles. The molecule has 0 unspecified atom stereocenters. The lowest BCUT2D eigenvalue weighted by molar-refractivity contribution is -0.116. The quantitative estimate of drug-likeness (QED) is 0.748. The molecule has 0 aliphatic heterocycles. The molecule has 0 bridgehead atoms. The second-order valence-electron chi connectivity index (χ2n) is 3.09. The first-order chi connectivity index (χ1) is 6.72. The minimum Gasteiger partial charge on any atom is -0.325 e. The third-order valence-electron chi connectivity index (χ3n) is 1.80. The van der Waals surface area contributed by atoms with Crippen LogP contribution in [0.2, 0.25) is 0 Å². The molecule has 0 saturated carbocycles. The lowest BCUT2D eigenvalue weighted by atomic mass is 10.3. The van der Waals surface area contributed by atoms with Crippen LogP contribution in [-0.4, -0.2) is 24.5 Å². The third kappa shape index (κ3) is 3.53. The number of nitrogens with zero attached hydrogens (tertiary/aromatic N) is 1. The average molecular weight is 193 g/mol. The molecule has 0 aliphatic carbocycles. The van der Waals surface area contributed by atoms with Gasteiger partial charge in [0.25, 0.3) is 0 Å². The molecule has 0 aliphatic rings. The van der Waals surface area contributed by atoms with Gasteiger partial charge in [0, 0.05) is 18.7 Å². The zero-order valence-corrected chi connectivity index (χ0v) is 8.50. The Balaban J connectivity index is 2.44. The summed E-state index contributed by atoms with van der Waals surface area (Å²) in [5.74, 6) is 0.00463. The maximum absolute atomic E-state index is 11.3. The van der Waals surface area contributed by atoms with Crippen LogP contribution in [0.4, 0.5) is 5.69 Å². The number of carbonyl (C=O) groups excluding carboxylic acids is 1. The topological polar surface area (TPSA) is 54.0 Å². The fourth-order valence-electron chi connectivity index (χ4n) is 1.00. The summed E-state index contributed by atoms with van der Waals surface area (Å²) in [7, 11) is 1.82. The van der Waals surface area contributed by atoms with Crippen LogP contribution in [0.25, 0.3) is 0 Å². The Morgan fingerprint density at radius 3 is 2.86 bits per heavy atom. The first kappa shape index (κ1) is 10.7. The molecule has 76 valence electrons. The van der Waals surface area contributed by atoms with E-state index < -0.39 is 0 Å². The zero-order valence-electron chi connectivity index (χ0n) is 8.50. The molecule has 4 nitrogen and oxygen atoms in total. The van der Waals surface area contributed by atoms with E-state index in [1.54, 1.807) is 6.20 Å². The molecule has 1 amide bonds. The summed E-state index contributed by atoms with van der Waals surface area (Å²) < 4.78 is 0. The minimum absolute atomic E-state index is 0.00463. The molecule has 1 aromatic rings. The summed E-state index contributed by atoms with van der Waals surface area (Å²) in [5, 5.41) is 5.68. The Kier molecular flexibility index (Phi) is 4.07. The van der Waals surface area contributed by atoms with E-state index in [1.807, 2.05) is 26.1 Å². The van der Waals surface area contributed by atoms with E-state index in [4.69, 9.17) is 0 Å². The van der Waals surface area contributed by atoms with E-state index in [-0.39, 0.29) is 5.91 Å². The molecule has 1 aromatic heterocycles. The van der Waals surface area contributed by atoms with Gasteiger partial charge in [-0.25, -0.2) is 0 Å². The largest absolute Gasteiger partial charge is 0.325 e. The van der Waals surface area contributed by atoms with Crippen LogP contribution >= 0.6 is 0 Å². The van der Waals surface area contributed by atoms with Crippen LogP contribution in [0.15, 0.2) is 18.3 Å². The Morgan fingerprint density at radius 2 is 2.29 bits per heavy atom. The summed E-state index contributed by atoms with van der Waals surface area (Å²) in [6, 6.07) is 3.72. The maximum Gasteiger partial charge on any atom is 0.225 e. The molecule has 0 radical (unpaired) electrons. The maximum atomic E-state index is 11.3. The van der Waals surface area contributed by atoms with Crippen LogP contribution in [0, 0.1) is 6.92 Å². The summed E-state index contributed by atoms with van der Waals surface area (Å²) in [5.41, 5.74) is 1.69. The van der Waals surface area contributed by atoms with Gasteiger partial charge >= 0.3 is 0 Å². The summed E-state index contributed by atoms with van der Waals surface area (Å²) in [6.07, 6.45) is 2.14. The zero-order chi connectivity index (χ0) is 10.4. The molecule has 2 N–H and O–H groups in total. The molecule has 4 heteroatoms. The van der Waals surface area contributed by atoms with Crippen LogP contribution < -0.4 is 10.6 Å². The van der Waals surface area contributed by atoms with Gasteiger partial charge < -0.3 is 10.6 Å². The third-order valence-corrected chi connectivity index (χ3v) is 1.80. The monoisotopic (exact) mass is 193 g/mol. The van der Waals surface area contributed by atoms with E-state index in [0.717, 1.165) is 11.4 Å².